The van der Waals surface area contributed by atoms with E-state index < -0.39 is 6.23 Å². The third-order valence-corrected chi connectivity index (χ3v) is 7.47. The molecule has 0 saturated carbocycles. The van der Waals surface area contributed by atoms with E-state index in [1.165, 1.54) is 11.1 Å². The zero-order valence-electron chi connectivity index (χ0n) is 21.6. The van der Waals surface area contributed by atoms with E-state index in [-0.39, 0.29) is 18.1 Å². The number of fused-ring (bicyclic) bond motifs is 1. The Hall–Kier alpha value is -3.74. The zero-order valence-corrected chi connectivity index (χ0v) is 21.6. The molecule has 1 fully saturated rings. The van der Waals surface area contributed by atoms with Gasteiger partial charge in [0.25, 0.3) is 0 Å². The van der Waals surface area contributed by atoms with Crippen molar-refractivity contribution in [1.29, 1.82) is 0 Å². The third kappa shape index (κ3) is 4.77. The monoisotopic (exact) mass is 508 g/mol. The van der Waals surface area contributed by atoms with Crippen molar-refractivity contribution in [2.45, 2.75) is 51.0 Å². The van der Waals surface area contributed by atoms with Crippen LogP contribution < -0.4 is 0 Å². The van der Waals surface area contributed by atoms with E-state index in [0.717, 1.165) is 48.3 Å². The van der Waals surface area contributed by atoms with Gasteiger partial charge in [0, 0.05) is 17.7 Å². The number of rotatable bonds is 8. The van der Waals surface area contributed by atoms with Gasteiger partial charge >= 0.3 is 5.97 Å². The Morgan fingerprint density at radius 2 is 1.68 bits per heavy atom. The number of ether oxygens (including phenoxy) is 2. The van der Waals surface area contributed by atoms with Gasteiger partial charge < -0.3 is 13.9 Å². The number of benzene rings is 3. The van der Waals surface area contributed by atoms with Crippen LogP contribution in [0.3, 0.4) is 0 Å². The first-order valence-electron chi connectivity index (χ1n) is 13.5. The number of hydrogen-bond donors (Lipinski definition) is 0. The Morgan fingerprint density at radius 1 is 0.974 bits per heavy atom. The van der Waals surface area contributed by atoms with Crippen molar-refractivity contribution in [3.05, 3.63) is 102 Å². The van der Waals surface area contributed by atoms with Gasteiger partial charge in [0.2, 0.25) is 12.1 Å². The van der Waals surface area contributed by atoms with E-state index in [2.05, 4.69) is 18.2 Å². The molecule has 1 aromatic heterocycles. The Labute approximate surface area is 223 Å². The van der Waals surface area contributed by atoms with Crippen molar-refractivity contribution in [3.63, 3.8) is 0 Å². The minimum atomic E-state index is -0.822. The first-order valence-corrected chi connectivity index (χ1v) is 13.5. The van der Waals surface area contributed by atoms with Crippen molar-refractivity contribution in [2.24, 2.45) is 0 Å². The fourth-order valence-corrected chi connectivity index (χ4v) is 5.50. The summed E-state index contributed by atoms with van der Waals surface area (Å²) in [6.45, 7) is 2.82. The Morgan fingerprint density at radius 3 is 2.39 bits per heavy atom. The fraction of sp³-hybridized carbons (Fsp3) is 0.312. The van der Waals surface area contributed by atoms with Crippen molar-refractivity contribution in [1.82, 2.24) is 9.88 Å². The quantitative estimate of drug-likeness (QED) is 0.246. The normalized spacial score (nSPS) is 19.8. The number of esters is 1. The lowest BCUT2D eigenvalue weighted by Gasteiger charge is -2.44. The van der Waals surface area contributed by atoms with Gasteiger partial charge in [-0.15, -0.1) is 0 Å². The van der Waals surface area contributed by atoms with E-state index in [1.54, 1.807) is 0 Å². The maximum absolute atomic E-state index is 13.2. The largest absolute Gasteiger partial charge is 0.463 e. The van der Waals surface area contributed by atoms with Crippen LogP contribution >= 0.6 is 0 Å². The summed E-state index contributed by atoms with van der Waals surface area (Å²) in [6, 6.07) is 28.3. The molecule has 194 valence electrons. The van der Waals surface area contributed by atoms with Crippen LogP contribution in [0.1, 0.15) is 55.3 Å². The highest BCUT2D eigenvalue weighted by molar-refractivity contribution is 5.77. The molecular formula is C32H32N2O4. The van der Waals surface area contributed by atoms with Gasteiger partial charge in [-0.1, -0.05) is 84.9 Å². The summed E-state index contributed by atoms with van der Waals surface area (Å²) in [6.07, 6.45) is 2.79. The lowest BCUT2D eigenvalue weighted by Crippen LogP contribution is -2.53. The highest BCUT2D eigenvalue weighted by Crippen LogP contribution is 2.42. The standard InChI is InChI=1S/C32H32N2O4/c1-2-36-32(35)31(37-27-19-11-17-22-12-9-10-18-25(22)27)34-21-20-26(34)30-33-28(23-13-5-3-6-14-23)29(38-30)24-15-7-4-8-16-24/h3-10,12-16,18,26-27,31H,2,11,17,19-21H2,1H3. The van der Waals surface area contributed by atoms with E-state index in [0.29, 0.717) is 19.0 Å². The number of nitrogens with zero attached hydrogens (tertiary/aromatic N) is 2. The number of carbonyl (C=O) groups is 1. The molecule has 2 heterocycles. The molecule has 6 heteroatoms. The molecule has 1 aliphatic carbocycles. The van der Waals surface area contributed by atoms with Gasteiger partial charge in [-0.25, -0.2) is 9.78 Å². The third-order valence-electron chi connectivity index (χ3n) is 7.47. The minimum Gasteiger partial charge on any atom is -0.463 e. The van der Waals surface area contributed by atoms with E-state index >= 15 is 0 Å². The van der Waals surface area contributed by atoms with E-state index in [1.807, 2.05) is 78.6 Å². The second-order valence-electron chi connectivity index (χ2n) is 9.82. The summed E-state index contributed by atoms with van der Waals surface area (Å²) in [5.41, 5.74) is 5.21. The van der Waals surface area contributed by atoms with E-state index in [9.17, 15) is 4.79 Å². The van der Waals surface area contributed by atoms with Crippen LogP contribution in [0.4, 0.5) is 0 Å². The van der Waals surface area contributed by atoms with Gasteiger partial charge in [0.15, 0.2) is 5.76 Å². The predicted molar refractivity (Wildman–Crippen MR) is 145 cm³/mol. The number of oxazole rings is 1. The second-order valence-corrected chi connectivity index (χ2v) is 9.82. The summed E-state index contributed by atoms with van der Waals surface area (Å²) in [5, 5.41) is 0. The number of carbonyl (C=O) groups excluding carboxylic acids is 1. The Balaban J connectivity index is 1.33. The maximum Gasteiger partial charge on any atom is 0.350 e. The minimum absolute atomic E-state index is 0.153. The van der Waals surface area contributed by atoms with Crippen molar-refractivity contribution >= 4 is 5.97 Å². The molecule has 3 unspecified atom stereocenters. The van der Waals surface area contributed by atoms with Crippen LogP contribution in [0.15, 0.2) is 89.3 Å². The number of likely N-dealkylation sites (tertiary alicyclic amines) is 1. The molecular weight excluding hydrogens is 476 g/mol. The van der Waals surface area contributed by atoms with Gasteiger partial charge in [0.1, 0.15) is 5.69 Å². The molecule has 6 rings (SSSR count). The Kier molecular flexibility index (Phi) is 7.08. The zero-order chi connectivity index (χ0) is 25.9. The first-order chi connectivity index (χ1) is 18.7. The molecule has 4 aromatic rings. The van der Waals surface area contributed by atoms with Crippen molar-refractivity contribution in [2.75, 3.05) is 13.2 Å². The highest BCUT2D eigenvalue weighted by atomic mass is 16.6. The molecule has 3 atom stereocenters. The first kappa shape index (κ1) is 24.6. The smallest absolute Gasteiger partial charge is 0.350 e. The van der Waals surface area contributed by atoms with Crippen LogP contribution in [-0.2, 0) is 20.7 Å². The lowest BCUT2D eigenvalue weighted by molar-refractivity contribution is -0.196. The number of aromatic nitrogens is 1. The van der Waals surface area contributed by atoms with Crippen molar-refractivity contribution in [3.8, 4) is 22.6 Å². The number of aryl methyl sites for hydroxylation is 1. The molecule has 3 aromatic carbocycles. The topological polar surface area (TPSA) is 64.8 Å². The van der Waals surface area contributed by atoms with Gasteiger partial charge in [-0.3, -0.25) is 4.90 Å². The lowest BCUT2D eigenvalue weighted by atomic mass is 9.89. The maximum atomic E-state index is 13.2. The van der Waals surface area contributed by atoms with Gasteiger partial charge in [-0.05, 0) is 43.7 Å². The molecule has 0 amide bonds. The average Bonchev–Trinajstić information content (AvgIpc) is 3.38. The van der Waals surface area contributed by atoms with Crippen LogP contribution in [0.25, 0.3) is 22.6 Å². The summed E-state index contributed by atoms with van der Waals surface area (Å²) >= 11 is 0. The Bertz CT molecular complexity index is 1330. The fourth-order valence-electron chi connectivity index (χ4n) is 5.50. The van der Waals surface area contributed by atoms with E-state index in [4.69, 9.17) is 18.9 Å². The molecule has 38 heavy (non-hydrogen) atoms. The molecule has 0 radical (unpaired) electrons. The molecule has 1 aliphatic heterocycles. The second kappa shape index (κ2) is 10.9. The molecule has 0 bridgehead atoms. The average molecular weight is 509 g/mol. The number of hydrogen-bond acceptors (Lipinski definition) is 6. The summed E-state index contributed by atoms with van der Waals surface area (Å²) in [4.78, 5) is 20.2. The van der Waals surface area contributed by atoms with Crippen LogP contribution in [-0.4, -0.2) is 35.2 Å². The van der Waals surface area contributed by atoms with Crippen molar-refractivity contribution < 1.29 is 18.7 Å². The molecule has 0 spiro atoms. The summed E-state index contributed by atoms with van der Waals surface area (Å²) in [5.74, 6) is 0.961. The summed E-state index contributed by atoms with van der Waals surface area (Å²) < 4.78 is 18.5. The molecule has 1 saturated heterocycles. The SMILES string of the molecule is CCOC(=O)C(OC1CCCc2ccccc21)N1CCC1c1nc(-c2ccccc2)c(-c2ccccc2)o1. The molecule has 2 aliphatic rings. The summed E-state index contributed by atoms with van der Waals surface area (Å²) in [7, 11) is 0. The van der Waals surface area contributed by atoms with Gasteiger partial charge in [-0.2, -0.15) is 0 Å². The van der Waals surface area contributed by atoms with Crippen LogP contribution in [0, 0.1) is 0 Å². The van der Waals surface area contributed by atoms with Gasteiger partial charge in [0.05, 0.1) is 18.8 Å². The highest BCUT2D eigenvalue weighted by Gasteiger charge is 2.44. The molecule has 6 nitrogen and oxygen atoms in total. The van der Waals surface area contributed by atoms with Crippen LogP contribution in [0.5, 0.6) is 0 Å². The predicted octanol–water partition coefficient (Wildman–Crippen LogP) is 6.74. The molecule has 0 N–H and O–H groups in total. The van der Waals surface area contributed by atoms with Crippen LogP contribution in [0.2, 0.25) is 0 Å².